The van der Waals surface area contributed by atoms with Gasteiger partial charge in [-0.1, -0.05) is 161 Å². The molecule has 33 heteroatoms. The summed E-state index contributed by atoms with van der Waals surface area (Å²) in [6.07, 6.45) is -8.39. The van der Waals surface area contributed by atoms with Gasteiger partial charge in [0, 0.05) is 25.7 Å². The Labute approximate surface area is 718 Å². The molecule has 0 amide bonds. The molecule has 0 saturated carbocycles. The number of hydrogen-bond donors (Lipinski definition) is 13. The van der Waals surface area contributed by atoms with Gasteiger partial charge in [0.2, 0.25) is 0 Å². The second-order valence-electron chi connectivity index (χ2n) is 33.8. The van der Waals surface area contributed by atoms with Gasteiger partial charge in [0.15, 0.2) is 60.8 Å². The number of esters is 5. The van der Waals surface area contributed by atoms with Crippen LogP contribution in [0.3, 0.4) is 0 Å². The van der Waals surface area contributed by atoms with Crippen LogP contribution in [0.5, 0.6) is 0 Å². The summed E-state index contributed by atoms with van der Waals surface area (Å²) in [4.78, 5) is 111. The van der Waals surface area contributed by atoms with E-state index in [1.807, 2.05) is 175 Å². The molecule has 0 aromatic carbocycles. The van der Waals surface area contributed by atoms with Crippen molar-refractivity contribution < 1.29 is 162 Å². The number of ketones is 4. The average molecular weight is 1740 g/mol. The molecule has 33 nitrogen and oxygen atoms in total. The number of aliphatic hydroxyl groups excluding tert-OH is 13. The molecule has 7 aliphatic rings. The highest BCUT2D eigenvalue weighted by molar-refractivity contribution is 6.03. The minimum atomic E-state index is -1.93. The minimum absolute atomic E-state index is 0.0429. The van der Waals surface area contributed by atoms with Gasteiger partial charge in [0.25, 0.3) is 0 Å². The van der Waals surface area contributed by atoms with Crippen molar-refractivity contribution in [3.8, 4) is 0 Å². The molecular weight excluding hydrogens is 1610 g/mol. The molecule has 0 bridgehead atoms. The number of carbonyl (C=O) groups is 9. The summed E-state index contributed by atoms with van der Waals surface area (Å²) in [6.45, 7) is 31.9. The lowest BCUT2D eigenvalue weighted by Crippen LogP contribution is -2.64. The number of ether oxygens (including phenoxy) is 11. The first-order valence-electron chi connectivity index (χ1n) is 41.3. The number of aliphatic hydroxyl groups is 13. The van der Waals surface area contributed by atoms with Crippen molar-refractivity contribution in [2.24, 2.45) is 16.2 Å². The van der Waals surface area contributed by atoms with Crippen LogP contribution < -0.4 is 0 Å². The smallest absolute Gasteiger partial charge is 0.307 e. The first-order chi connectivity index (χ1) is 57.5. The Balaban J connectivity index is 0.000000366. The Kier molecular flexibility index (Phi) is 41.4. The van der Waals surface area contributed by atoms with Gasteiger partial charge in [0.1, 0.15) is 111 Å². The molecule has 123 heavy (non-hydrogen) atoms. The molecule has 13 N–H and O–H groups in total. The van der Waals surface area contributed by atoms with Crippen LogP contribution in [-0.2, 0) is 95.3 Å². The molecule has 23 atom stereocenters. The van der Waals surface area contributed by atoms with Crippen molar-refractivity contribution in [2.75, 3.05) is 19.8 Å². The molecular formula is C90H130O33. The van der Waals surface area contributed by atoms with Crippen molar-refractivity contribution >= 4 is 53.0 Å². The average Bonchev–Trinajstić information content (AvgIpc) is 0.804. The van der Waals surface area contributed by atoms with E-state index in [2.05, 4.69) is 0 Å². The van der Waals surface area contributed by atoms with E-state index in [-0.39, 0.29) is 60.7 Å². The predicted molar refractivity (Wildman–Crippen MR) is 442 cm³/mol. The summed E-state index contributed by atoms with van der Waals surface area (Å²) in [7, 11) is 0. The normalized spacial score (nSPS) is 32.8. The second-order valence-corrected chi connectivity index (χ2v) is 33.8. The Bertz CT molecular complexity index is 4060. The van der Waals surface area contributed by atoms with Crippen LogP contribution in [0.4, 0.5) is 0 Å². The van der Waals surface area contributed by atoms with E-state index in [1.54, 1.807) is 27.7 Å². The summed E-state index contributed by atoms with van der Waals surface area (Å²) in [6, 6.07) is 0. The zero-order valence-corrected chi connectivity index (χ0v) is 73.5. The van der Waals surface area contributed by atoms with Crippen LogP contribution in [0.1, 0.15) is 189 Å². The molecule has 4 fully saturated rings. The summed E-state index contributed by atoms with van der Waals surface area (Å²) >= 11 is 0. The van der Waals surface area contributed by atoms with Crippen LogP contribution >= 0.6 is 0 Å². The lowest BCUT2D eigenvalue weighted by molar-refractivity contribution is -0.355. The predicted octanol–water partition coefficient (Wildman–Crippen LogP) is 4.95. The third kappa shape index (κ3) is 30.2. The van der Waals surface area contributed by atoms with E-state index in [0.29, 0.717) is 23.1 Å². The number of Topliss-reactive ketones (excluding diaryl/α,β-unsaturated/α-hetero) is 4. The van der Waals surface area contributed by atoms with E-state index in [0.717, 1.165) is 39.0 Å². The molecule has 0 aromatic rings. The van der Waals surface area contributed by atoms with Gasteiger partial charge < -0.3 is 123 Å². The second kappa shape index (κ2) is 48.2. The maximum absolute atomic E-state index is 13.3. The fourth-order valence-electron chi connectivity index (χ4n) is 14.6. The Morgan fingerprint density at radius 1 is 0.407 bits per heavy atom. The Morgan fingerprint density at radius 2 is 0.764 bits per heavy atom. The fraction of sp³-hybridized carbons (Fsp3) is 0.633. The fourth-order valence-corrected chi connectivity index (χ4v) is 14.6. The quantitative estimate of drug-likeness (QED) is 0.0248. The van der Waals surface area contributed by atoms with Crippen molar-refractivity contribution in [1.29, 1.82) is 0 Å². The third-order valence-electron chi connectivity index (χ3n) is 22.6. The van der Waals surface area contributed by atoms with Crippen LogP contribution in [0, 0.1) is 16.2 Å². The lowest BCUT2D eigenvalue weighted by atomic mass is 9.71. The number of hydrogen-bond acceptors (Lipinski definition) is 33. The van der Waals surface area contributed by atoms with Gasteiger partial charge in [-0.15, -0.1) is 0 Å². The van der Waals surface area contributed by atoms with Crippen molar-refractivity contribution in [2.45, 2.75) is 330 Å². The summed E-state index contributed by atoms with van der Waals surface area (Å²) < 4.78 is 59.1. The van der Waals surface area contributed by atoms with Gasteiger partial charge in [-0.05, 0) is 127 Å². The maximum Gasteiger partial charge on any atom is 0.307 e. The third-order valence-corrected chi connectivity index (χ3v) is 22.6. The van der Waals surface area contributed by atoms with E-state index in [4.69, 9.17) is 52.1 Å². The lowest BCUT2D eigenvalue weighted by Gasteiger charge is -2.45. The van der Waals surface area contributed by atoms with Gasteiger partial charge >= 0.3 is 29.8 Å². The van der Waals surface area contributed by atoms with Gasteiger partial charge in [-0.2, -0.15) is 0 Å². The van der Waals surface area contributed by atoms with Crippen LogP contribution in [0.15, 0.2) is 141 Å². The maximum atomic E-state index is 13.3. The first-order valence-corrected chi connectivity index (χ1v) is 41.3. The Morgan fingerprint density at radius 3 is 1.16 bits per heavy atom. The van der Waals surface area contributed by atoms with Gasteiger partial charge in [-0.3, -0.25) is 38.4 Å². The molecule has 0 aromatic heterocycles. The van der Waals surface area contributed by atoms with Crippen LogP contribution in [-0.4, -0.2) is 280 Å². The summed E-state index contributed by atoms with van der Waals surface area (Å²) in [5, 5.41) is 132. The van der Waals surface area contributed by atoms with Crippen molar-refractivity contribution in [3.05, 3.63) is 141 Å². The van der Waals surface area contributed by atoms with Crippen LogP contribution in [0.2, 0.25) is 0 Å². The molecule has 7 rings (SSSR count). The van der Waals surface area contributed by atoms with Crippen LogP contribution in [0.25, 0.3) is 0 Å². The summed E-state index contributed by atoms with van der Waals surface area (Å²) in [5.41, 5.74) is 7.45. The highest BCUT2D eigenvalue weighted by Gasteiger charge is 2.54. The topological polar surface area (TPSA) is 518 Å². The zero-order chi connectivity index (χ0) is 92.6. The van der Waals surface area contributed by atoms with Crippen molar-refractivity contribution in [1.82, 2.24) is 0 Å². The minimum Gasteiger partial charge on any atom is -0.463 e. The monoisotopic (exact) mass is 1740 g/mol. The number of carbonyl (C=O) groups excluding carboxylic acids is 9. The molecule has 4 heterocycles. The molecule has 4 aliphatic heterocycles. The Hall–Kier alpha value is -7.85. The van der Waals surface area contributed by atoms with E-state index >= 15 is 0 Å². The SMILES string of the molecule is C/C=C(C)/C=C/C1=C(C)C(=O)C(OC(=O)CCC(=O)OCC2OC(O)C(O)C(O)C2OC2OC(CC)C(O)C(O)C2O)CC1(C)C.C/C=C/C(C)=C/C=C/C=C(C)/C=C/C=C(C)/C=C/C1=C(C)C(=O)C(OC(=O)CCC(=O)OCC2OC(O)C(O)C(O)C2OC2OC(CO)C(O)C(O)C2O)CC1(C)C.CC(=O)CCC(=O)OC1CC(C)(C)C(C)=C(C)C1=O. The highest BCUT2D eigenvalue weighted by Crippen LogP contribution is 2.44. The standard InChI is InChI=1S/C43H60O15.C32H48O14.C15H22O4/c1-8-12-24(2)13-9-10-14-25(3)15-11-16-26(4)17-18-28-27(5)34(47)29(21-43(28,6)7)55-33(46)20-19-32(45)54-23-31-40(37(50)38(51)41(53)56-31)58-42-39(52)36(49)35(48)30(22-44)57-42;1-7-15(3)9-10-17-16(4)23(35)19(13-32(17,5)6)43-22(34)12-11-21(33)42-14-20-29(26(38)27(39)30(41)44-20)46-31-28(40)25(37)24(36)18(8-2)45-31;1-9(16)6-7-13(17)19-12-8-15(4,5)11(3)10(2)14(12)18/h8-18,29-31,35-42,44,48-53H,19-23H2,1-7H3;7,9-10,18-20,24-31,36-41H,8,11-14H2,1-6H3;12H,6-8H2,1-5H3/b10-9+,12-8+,15-11+,18-17+,24-13+,25-14+,26-16+;10-9+,15-7+;. The summed E-state index contributed by atoms with van der Waals surface area (Å²) in [5.74, 6) is -4.68. The number of rotatable bonds is 31. The first kappa shape index (κ1) is 106. The number of allylic oxidation sites excluding steroid dienone is 21. The van der Waals surface area contributed by atoms with Gasteiger partial charge in [0.05, 0.1) is 44.8 Å². The van der Waals surface area contributed by atoms with E-state index in [1.165, 1.54) is 6.92 Å². The molecule has 4 saturated heterocycles. The highest BCUT2D eigenvalue weighted by atomic mass is 16.7. The van der Waals surface area contributed by atoms with Crippen molar-refractivity contribution in [3.63, 3.8) is 0 Å². The largest absolute Gasteiger partial charge is 0.463 e. The van der Waals surface area contributed by atoms with E-state index < -0.39 is 227 Å². The molecule has 0 radical (unpaired) electrons. The molecule has 0 spiro atoms. The molecule has 23 unspecified atom stereocenters. The molecule has 3 aliphatic carbocycles. The van der Waals surface area contributed by atoms with Gasteiger partial charge in [-0.25, -0.2) is 0 Å². The zero-order valence-electron chi connectivity index (χ0n) is 73.5. The van der Waals surface area contributed by atoms with E-state index in [9.17, 15) is 110 Å². The molecule has 688 valence electrons.